The molecule has 1 aromatic carbocycles. The van der Waals surface area contributed by atoms with Crippen LogP contribution in [-0.4, -0.2) is 52.6 Å². The van der Waals surface area contributed by atoms with Gasteiger partial charge in [-0.2, -0.15) is 0 Å². The van der Waals surface area contributed by atoms with E-state index in [-0.39, 0.29) is 6.04 Å². The van der Waals surface area contributed by atoms with Crippen molar-refractivity contribution in [1.29, 1.82) is 0 Å². The molecule has 0 radical (unpaired) electrons. The van der Waals surface area contributed by atoms with Gasteiger partial charge in [-0.15, -0.1) is 0 Å². The lowest BCUT2D eigenvalue weighted by Crippen LogP contribution is -2.46. The normalized spacial score (nSPS) is 19.1. The largest absolute Gasteiger partial charge is 0.336 e. The van der Waals surface area contributed by atoms with Crippen LogP contribution >= 0.6 is 0 Å². The first-order valence-corrected chi connectivity index (χ1v) is 7.20. The maximum atomic E-state index is 4.59. The van der Waals surface area contributed by atoms with Crippen molar-refractivity contribution in [2.24, 2.45) is 7.05 Å². The number of hydrogen-bond donors (Lipinski definition) is 0. The Labute approximate surface area is 120 Å². The highest BCUT2D eigenvalue weighted by molar-refractivity contribution is 5.25. The molecule has 1 fully saturated rings. The van der Waals surface area contributed by atoms with Gasteiger partial charge >= 0.3 is 0 Å². The SMILES string of the molecule is CN1CCN(C(c2ccccc2)c2nccn2C)CC1. The molecule has 1 aromatic heterocycles. The van der Waals surface area contributed by atoms with Gasteiger partial charge in [-0.3, -0.25) is 4.90 Å². The summed E-state index contributed by atoms with van der Waals surface area (Å²) >= 11 is 0. The molecule has 0 bridgehead atoms. The molecule has 1 unspecified atom stereocenters. The lowest BCUT2D eigenvalue weighted by Gasteiger charge is -2.37. The van der Waals surface area contributed by atoms with Crippen LogP contribution in [0.15, 0.2) is 42.7 Å². The summed E-state index contributed by atoms with van der Waals surface area (Å²) in [7, 11) is 4.27. The van der Waals surface area contributed by atoms with Crippen molar-refractivity contribution >= 4 is 0 Å². The maximum absolute atomic E-state index is 4.59. The fourth-order valence-electron chi connectivity index (χ4n) is 2.88. The fraction of sp³-hybridized carbons (Fsp3) is 0.438. The molecule has 1 aliphatic heterocycles. The minimum atomic E-state index is 0.255. The van der Waals surface area contributed by atoms with Crippen LogP contribution in [-0.2, 0) is 7.05 Å². The topological polar surface area (TPSA) is 24.3 Å². The summed E-state index contributed by atoms with van der Waals surface area (Å²) < 4.78 is 2.13. The molecule has 0 aliphatic carbocycles. The van der Waals surface area contributed by atoms with E-state index in [1.54, 1.807) is 0 Å². The first-order chi connectivity index (χ1) is 9.75. The summed E-state index contributed by atoms with van der Waals surface area (Å²) in [5.41, 5.74) is 1.33. The van der Waals surface area contributed by atoms with Gasteiger partial charge in [0.1, 0.15) is 5.82 Å². The van der Waals surface area contributed by atoms with E-state index in [0.717, 1.165) is 32.0 Å². The number of piperazine rings is 1. The molecular formula is C16H22N4. The molecule has 4 heteroatoms. The Morgan fingerprint density at radius 3 is 2.30 bits per heavy atom. The summed E-state index contributed by atoms with van der Waals surface area (Å²) in [6.45, 7) is 4.41. The van der Waals surface area contributed by atoms with Crippen LogP contribution < -0.4 is 0 Å². The smallest absolute Gasteiger partial charge is 0.130 e. The first kappa shape index (κ1) is 13.3. The zero-order valence-electron chi connectivity index (χ0n) is 12.2. The molecule has 106 valence electrons. The van der Waals surface area contributed by atoms with Crippen LogP contribution in [0, 0.1) is 0 Å². The van der Waals surface area contributed by atoms with Crippen LogP contribution in [0.4, 0.5) is 0 Å². The van der Waals surface area contributed by atoms with E-state index in [1.165, 1.54) is 5.56 Å². The number of nitrogens with zero attached hydrogens (tertiary/aromatic N) is 4. The van der Waals surface area contributed by atoms with Crippen LogP contribution in [0.1, 0.15) is 17.4 Å². The van der Waals surface area contributed by atoms with Crippen molar-refractivity contribution < 1.29 is 0 Å². The van der Waals surface area contributed by atoms with E-state index in [0.29, 0.717) is 0 Å². The summed E-state index contributed by atoms with van der Waals surface area (Å²) in [4.78, 5) is 9.52. The molecule has 1 atom stereocenters. The van der Waals surface area contributed by atoms with Crippen LogP contribution in [0.3, 0.4) is 0 Å². The lowest BCUT2D eigenvalue weighted by molar-refractivity contribution is 0.122. The minimum absolute atomic E-state index is 0.255. The highest BCUT2D eigenvalue weighted by atomic mass is 15.3. The molecule has 3 rings (SSSR count). The molecule has 2 heterocycles. The molecule has 4 nitrogen and oxygen atoms in total. The number of aryl methyl sites for hydroxylation is 1. The summed E-state index contributed by atoms with van der Waals surface area (Å²) in [5.74, 6) is 1.13. The number of benzene rings is 1. The average Bonchev–Trinajstić information content (AvgIpc) is 2.89. The molecule has 1 saturated heterocycles. The zero-order valence-corrected chi connectivity index (χ0v) is 12.2. The van der Waals surface area contributed by atoms with Gasteiger partial charge in [0.15, 0.2) is 0 Å². The molecule has 0 spiro atoms. The Morgan fingerprint density at radius 1 is 1.00 bits per heavy atom. The van der Waals surface area contributed by atoms with Gasteiger partial charge in [0.05, 0.1) is 6.04 Å². The summed E-state index contributed by atoms with van der Waals surface area (Å²) in [6.07, 6.45) is 3.92. The van der Waals surface area contributed by atoms with E-state index in [1.807, 2.05) is 12.4 Å². The minimum Gasteiger partial charge on any atom is -0.336 e. The molecule has 20 heavy (non-hydrogen) atoms. The molecule has 0 amide bonds. The predicted octanol–water partition coefficient (Wildman–Crippen LogP) is 1.76. The van der Waals surface area contributed by atoms with Gasteiger partial charge < -0.3 is 9.47 Å². The second-order valence-electron chi connectivity index (χ2n) is 5.55. The third kappa shape index (κ3) is 2.62. The van der Waals surface area contributed by atoms with Gasteiger partial charge in [-0.25, -0.2) is 4.98 Å². The predicted molar refractivity (Wildman–Crippen MR) is 80.6 cm³/mol. The van der Waals surface area contributed by atoms with Crippen molar-refractivity contribution in [3.05, 3.63) is 54.1 Å². The van der Waals surface area contributed by atoms with Crippen molar-refractivity contribution in [3.63, 3.8) is 0 Å². The number of likely N-dealkylation sites (N-methyl/N-ethyl adjacent to an activating group) is 1. The highest BCUT2D eigenvalue weighted by Gasteiger charge is 2.27. The van der Waals surface area contributed by atoms with E-state index in [9.17, 15) is 0 Å². The van der Waals surface area contributed by atoms with E-state index in [4.69, 9.17) is 0 Å². The second-order valence-corrected chi connectivity index (χ2v) is 5.55. The monoisotopic (exact) mass is 270 g/mol. The quantitative estimate of drug-likeness (QED) is 0.849. The van der Waals surface area contributed by atoms with Crippen molar-refractivity contribution in [2.45, 2.75) is 6.04 Å². The Morgan fingerprint density at radius 2 is 1.70 bits per heavy atom. The lowest BCUT2D eigenvalue weighted by atomic mass is 10.0. The Kier molecular flexibility index (Phi) is 3.85. The molecule has 0 saturated carbocycles. The molecule has 0 N–H and O–H groups in total. The van der Waals surface area contributed by atoms with E-state index < -0.39 is 0 Å². The fourth-order valence-corrected chi connectivity index (χ4v) is 2.88. The standard InChI is InChI=1S/C16H22N4/c1-18-10-12-20(13-11-18)15(14-6-4-3-5-7-14)16-17-8-9-19(16)2/h3-9,15H,10-13H2,1-2H3. The molecule has 2 aromatic rings. The number of aromatic nitrogens is 2. The summed E-state index contributed by atoms with van der Waals surface area (Å²) in [6, 6.07) is 11.0. The maximum Gasteiger partial charge on any atom is 0.130 e. The van der Waals surface area contributed by atoms with Gasteiger partial charge in [-0.1, -0.05) is 30.3 Å². The number of rotatable bonds is 3. The third-order valence-electron chi connectivity index (χ3n) is 4.12. The van der Waals surface area contributed by atoms with Gasteiger partial charge in [0, 0.05) is 45.6 Å². The van der Waals surface area contributed by atoms with Crippen LogP contribution in [0.5, 0.6) is 0 Å². The van der Waals surface area contributed by atoms with Gasteiger partial charge in [-0.05, 0) is 12.6 Å². The third-order valence-corrected chi connectivity index (χ3v) is 4.12. The van der Waals surface area contributed by atoms with Crippen molar-refractivity contribution in [1.82, 2.24) is 19.4 Å². The second kappa shape index (κ2) is 5.77. The van der Waals surface area contributed by atoms with Crippen molar-refractivity contribution in [3.8, 4) is 0 Å². The molecular weight excluding hydrogens is 248 g/mol. The van der Waals surface area contributed by atoms with Crippen LogP contribution in [0.25, 0.3) is 0 Å². The average molecular weight is 270 g/mol. The number of imidazole rings is 1. The first-order valence-electron chi connectivity index (χ1n) is 7.20. The molecule has 1 aliphatic rings. The number of hydrogen-bond acceptors (Lipinski definition) is 3. The van der Waals surface area contributed by atoms with Crippen LogP contribution in [0.2, 0.25) is 0 Å². The van der Waals surface area contributed by atoms with Gasteiger partial charge in [0.2, 0.25) is 0 Å². The summed E-state index contributed by atoms with van der Waals surface area (Å²) in [5, 5.41) is 0. The van der Waals surface area contributed by atoms with E-state index in [2.05, 4.69) is 63.8 Å². The zero-order chi connectivity index (χ0) is 13.9. The Hall–Kier alpha value is -1.65. The van der Waals surface area contributed by atoms with Crippen molar-refractivity contribution in [2.75, 3.05) is 33.2 Å². The van der Waals surface area contributed by atoms with E-state index >= 15 is 0 Å². The highest BCUT2D eigenvalue weighted by Crippen LogP contribution is 2.27. The Bertz CT molecular complexity index is 541. The Balaban J connectivity index is 1.94. The van der Waals surface area contributed by atoms with Gasteiger partial charge in [0.25, 0.3) is 0 Å².